The molecule has 0 bridgehead atoms. The number of nitrogens with one attached hydrogen (secondary N) is 3. The van der Waals surface area contributed by atoms with Crippen LogP contribution in [0.15, 0.2) is 24.3 Å². The summed E-state index contributed by atoms with van der Waals surface area (Å²) < 4.78 is 0. The van der Waals surface area contributed by atoms with Crippen molar-refractivity contribution in [2.45, 2.75) is 64.0 Å². The van der Waals surface area contributed by atoms with Gasteiger partial charge in [-0.1, -0.05) is 43.5 Å². The summed E-state index contributed by atoms with van der Waals surface area (Å²) in [6.45, 7) is 3.22. The molecule has 1 heterocycles. The first kappa shape index (κ1) is 18.9. The number of fused-ring (bicyclic) bond motifs is 1. The van der Waals surface area contributed by atoms with E-state index in [-0.39, 0.29) is 17.9 Å². The fourth-order valence-electron chi connectivity index (χ4n) is 4.15. The third-order valence-electron chi connectivity index (χ3n) is 5.67. The Labute approximate surface area is 156 Å². The van der Waals surface area contributed by atoms with Gasteiger partial charge in [0.2, 0.25) is 11.8 Å². The Kier molecular flexibility index (Phi) is 6.67. The summed E-state index contributed by atoms with van der Waals surface area (Å²) in [5, 5.41) is 9.31. The molecule has 3 N–H and O–H groups in total. The van der Waals surface area contributed by atoms with Gasteiger partial charge in [-0.25, -0.2) is 0 Å². The Morgan fingerprint density at radius 3 is 2.77 bits per heavy atom. The lowest BCUT2D eigenvalue weighted by Crippen LogP contribution is -2.47. The zero-order valence-corrected chi connectivity index (χ0v) is 15.7. The molecule has 26 heavy (non-hydrogen) atoms. The van der Waals surface area contributed by atoms with E-state index in [1.165, 1.54) is 30.4 Å². The third-order valence-corrected chi connectivity index (χ3v) is 5.67. The second-order valence-electron chi connectivity index (χ2n) is 7.70. The molecule has 1 fully saturated rings. The third kappa shape index (κ3) is 5.07. The van der Waals surface area contributed by atoms with Crippen molar-refractivity contribution in [3.05, 3.63) is 35.4 Å². The first-order valence-corrected chi connectivity index (χ1v) is 10.0. The van der Waals surface area contributed by atoms with Gasteiger partial charge < -0.3 is 16.0 Å². The normalized spacial score (nSPS) is 21.5. The van der Waals surface area contributed by atoms with Crippen LogP contribution in [0, 0.1) is 5.92 Å². The first-order chi connectivity index (χ1) is 12.6. The molecule has 1 aliphatic carbocycles. The second-order valence-corrected chi connectivity index (χ2v) is 7.70. The predicted molar refractivity (Wildman–Crippen MR) is 103 cm³/mol. The molecule has 0 saturated heterocycles. The quantitative estimate of drug-likeness (QED) is 0.732. The van der Waals surface area contributed by atoms with E-state index in [9.17, 15) is 9.59 Å². The number of benzene rings is 1. The van der Waals surface area contributed by atoms with Crippen LogP contribution in [0.5, 0.6) is 0 Å². The first-order valence-electron chi connectivity index (χ1n) is 10.0. The maximum absolute atomic E-state index is 12.4. The largest absolute Gasteiger partial charge is 0.352 e. The Bertz CT molecular complexity index is 625. The van der Waals surface area contributed by atoms with Crippen LogP contribution < -0.4 is 16.0 Å². The van der Waals surface area contributed by atoms with E-state index in [0.29, 0.717) is 18.9 Å². The van der Waals surface area contributed by atoms with Gasteiger partial charge >= 0.3 is 0 Å². The molecular weight excluding hydrogens is 326 g/mol. The Balaban J connectivity index is 1.44. The fraction of sp³-hybridized carbons (Fsp3) is 0.619. The minimum Gasteiger partial charge on any atom is -0.352 e. The average molecular weight is 357 g/mol. The van der Waals surface area contributed by atoms with E-state index in [1.807, 2.05) is 6.07 Å². The summed E-state index contributed by atoms with van der Waals surface area (Å²) in [6, 6.07) is 8.00. The highest BCUT2D eigenvalue weighted by Gasteiger charge is 2.23. The minimum absolute atomic E-state index is 0.000636. The topological polar surface area (TPSA) is 70.2 Å². The van der Waals surface area contributed by atoms with Crippen molar-refractivity contribution >= 4 is 11.8 Å². The van der Waals surface area contributed by atoms with Gasteiger partial charge in [-0.05, 0) is 49.8 Å². The summed E-state index contributed by atoms with van der Waals surface area (Å²) >= 11 is 0. The summed E-state index contributed by atoms with van der Waals surface area (Å²) in [5.41, 5.74) is 2.60. The van der Waals surface area contributed by atoms with E-state index in [0.717, 1.165) is 25.8 Å². The highest BCUT2D eigenvalue weighted by Crippen LogP contribution is 2.26. The van der Waals surface area contributed by atoms with E-state index in [2.05, 4.69) is 34.1 Å². The van der Waals surface area contributed by atoms with Gasteiger partial charge in [0.15, 0.2) is 0 Å². The van der Waals surface area contributed by atoms with Gasteiger partial charge in [0.1, 0.15) is 6.04 Å². The monoisotopic (exact) mass is 357 g/mol. The number of rotatable bonds is 6. The van der Waals surface area contributed by atoms with Gasteiger partial charge in [-0.2, -0.15) is 0 Å². The lowest BCUT2D eigenvalue weighted by Gasteiger charge is -2.27. The lowest BCUT2D eigenvalue weighted by atomic mass is 9.87. The molecule has 0 spiro atoms. The van der Waals surface area contributed by atoms with Crippen molar-refractivity contribution in [2.24, 2.45) is 5.92 Å². The Morgan fingerprint density at radius 1 is 1.19 bits per heavy atom. The molecule has 2 atom stereocenters. The number of amides is 2. The van der Waals surface area contributed by atoms with E-state index in [4.69, 9.17) is 0 Å². The van der Waals surface area contributed by atoms with Crippen LogP contribution >= 0.6 is 0 Å². The molecule has 5 heteroatoms. The lowest BCUT2D eigenvalue weighted by molar-refractivity contribution is -0.129. The summed E-state index contributed by atoms with van der Waals surface area (Å²) in [4.78, 5) is 24.6. The number of hydrogen-bond acceptors (Lipinski definition) is 3. The molecule has 1 saturated carbocycles. The van der Waals surface area contributed by atoms with Crippen molar-refractivity contribution in [1.82, 2.24) is 16.0 Å². The van der Waals surface area contributed by atoms with Crippen LogP contribution in [-0.2, 0) is 16.0 Å². The highest BCUT2D eigenvalue weighted by molar-refractivity contribution is 5.87. The molecule has 2 unspecified atom stereocenters. The number of carbonyl (C=O) groups is 2. The van der Waals surface area contributed by atoms with Gasteiger partial charge in [-0.3, -0.25) is 9.59 Å². The molecule has 0 aromatic heterocycles. The van der Waals surface area contributed by atoms with Gasteiger partial charge in [-0.15, -0.1) is 0 Å². The predicted octanol–water partition coefficient (Wildman–Crippen LogP) is 2.46. The SMILES string of the molecule is CC(NC(=O)CC1CCCCC1)C(=O)NCC1NCCc2ccccc21. The van der Waals surface area contributed by atoms with Crippen molar-refractivity contribution in [3.63, 3.8) is 0 Å². The second kappa shape index (κ2) is 9.17. The molecule has 1 aromatic carbocycles. The molecule has 2 amide bonds. The fourth-order valence-corrected chi connectivity index (χ4v) is 4.15. The van der Waals surface area contributed by atoms with Crippen molar-refractivity contribution in [2.75, 3.05) is 13.1 Å². The van der Waals surface area contributed by atoms with Crippen LogP contribution in [-0.4, -0.2) is 30.9 Å². The Morgan fingerprint density at radius 2 is 1.96 bits per heavy atom. The van der Waals surface area contributed by atoms with Crippen LogP contribution in [0.1, 0.15) is 62.6 Å². The maximum atomic E-state index is 12.4. The highest BCUT2D eigenvalue weighted by atomic mass is 16.2. The molecular formula is C21H31N3O2. The summed E-state index contributed by atoms with van der Waals surface area (Å²) in [6.07, 6.45) is 7.59. The summed E-state index contributed by atoms with van der Waals surface area (Å²) in [7, 11) is 0. The van der Waals surface area contributed by atoms with E-state index < -0.39 is 6.04 Å². The van der Waals surface area contributed by atoms with Gasteiger partial charge in [0.25, 0.3) is 0 Å². The molecule has 2 aliphatic rings. The maximum Gasteiger partial charge on any atom is 0.242 e. The van der Waals surface area contributed by atoms with Gasteiger partial charge in [0.05, 0.1) is 0 Å². The standard InChI is InChI=1S/C21H31N3O2/c1-15(24-20(25)13-16-7-3-2-4-8-16)21(26)23-14-19-18-10-6-5-9-17(18)11-12-22-19/h5-6,9-10,15-16,19,22H,2-4,7-8,11-14H2,1H3,(H,23,26)(H,24,25). The van der Waals surface area contributed by atoms with E-state index >= 15 is 0 Å². The van der Waals surface area contributed by atoms with E-state index in [1.54, 1.807) is 6.92 Å². The van der Waals surface area contributed by atoms with Crippen molar-refractivity contribution in [3.8, 4) is 0 Å². The van der Waals surface area contributed by atoms with Crippen molar-refractivity contribution < 1.29 is 9.59 Å². The van der Waals surface area contributed by atoms with Crippen molar-refractivity contribution in [1.29, 1.82) is 0 Å². The van der Waals surface area contributed by atoms with Crippen LogP contribution in [0.2, 0.25) is 0 Å². The summed E-state index contributed by atoms with van der Waals surface area (Å²) in [5.74, 6) is 0.370. The van der Waals surface area contributed by atoms with Crippen LogP contribution in [0.4, 0.5) is 0 Å². The molecule has 142 valence electrons. The number of carbonyl (C=O) groups excluding carboxylic acids is 2. The van der Waals surface area contributed by atoms with Gasteiger partial charge in [0, 0.05) is 19.0 Å². The zero-order chi connectivity index (χ0) is 18.4. The molecule has 0 radical (unpaired) electrons. The zero-order valence-electron chi connectivity index (χ0n) is 15.7. The molecule has 1 aliphatic heterocycles. The molecule has 3 rings (SSSR count). The van der Waals surface area contributed by atoms with Crippen LogP contribution in [0.3, 0.4) is 0 Å². The minimum atomic E-state index is -0.495. The molecule has 1 aromatic rings. The number of hydrogen-bond donors (Lipinski definition) is 3. The smallest absolute Gasteiger partial charge is 0.242 e. The van der Waals surface area contributed by atoms with Crippen LogP contribution in [0.25, 0.3) is 0 Å². The Hall–Kier alpha value is -1.88. The average Bonchev–Trinajstić information content (AvgIpc) is 2.66. The molecule has 5 nitrogen and oxygen atoms in total.